The SMILES string of the molecule is COc1ccc2c(c1)CCN(Cc1csc(NC(=O)c3ccccc3)n1)C2. The quantitative estimate of drug-likeness (QED) is 0.729. The molecule has 138 valence electrons. The smallest absolute Gasteiger partial charge is 0.257 e. The van der Waals surface area contributed by atoms with Crippen LogP contribution in [0.15, 0.2) is 53.9 Å². The Hall–Kier alpha value is -2.70. The number of aromatic nitrogens is 1. The molecule has 2 heterocycles. The molecule has 5 nitrogen and oxygen atoms in total. The van der Waals surface area contributed by atoms with Crippen LogP contribution in [0, 0.1) is 0 Å². The van der Waals surface area contributed by atoms with Crippen molar-refractivity contribution in [1.29, 1.82) is 0 Å². The lowest BCUT2D eigenvalue weighted by Gasteiger charge is -2.28. The zero-order chi connectivity index (χ0) is 18.6. The third-order valence-electron chi connectivity index (χ3n) is 4.70. The number of nitrogens with one attached hydrogen (secondary N) is 1. The molecule has 1 aliphatic rings. The molecule has 0 bridgehead atoms. The number of methoxy groups -OCH3 is 1. The average Bonchev–Trinajstić information content (AvgIpc) is 3.15. The van der Waals surface area contributed by atoms with Gasteiger partial charge in [0.25, 0.3) is 5.91 Å². The summed E-state index contributed by atoms with van der Waals surface area (Å²) in [5.41, 5.74) is 4.33. The van der Waals surface area contributed by atoms with Gasteiger partial charge < -0.3 is 4.74 Å². The molecule has 2 aromatic carbocycles. The van der Waals surface area contributed by atoms with E-state index in [1.165, 1.54) is 22.5 Å². The van der Waals surface area contributed by atoms with Gasteiger partial charge in [-0.05, 0) is 41.8 Å². The maximum atomic E-state index is 12.2. The largest absolute Gasteiger partial charge is 0.497 e. The third kappa shape index (κ3) is 4.18. The van der Waals surface area contributed by atoms with Gasteiger partial charge in [-0.3, -0.25) is 15.0 Å². The number of hydrogen-bond acceptors (Lipinski definition) is 5. The molecule has 0 saturated heterocycles. The summed E-state index contributed by atoms with van der Waals surface area (Å²) in [5.74, 6) is 0.790. The van der Waals surface area contributed by atoms with Crippen LogP contribution in [0.4, 0.5) is 5.13 Å². The van der Waals surface area contributed by atoms with Crippen molar-refractivity contribution in [2.24, 2.45) is 0 Å². The van der Waals surface area contributed by atoms with Crippen LogP contribution < -0.4 is 10.1 Å². The van der Waals surface area contributed by atoms with Crippen molar-refractivity contribution in [3.05, 3.63) is 76.3 Å². The van der Waals surface area contributed by atoms with Crippen molar-refractivity contribution in [3.8, 4) is 5.75 Å². The van der Waals surface area contributed by atoms with Crippen molar-refractivity contribution < 1.29 is 9.53 Å². The fourth-order valence-electron chi connectivity index (χ4n) is 3.27. The van der Waals surface area contributed by atoms with E-state index >= 15 is 0 Å². The first-order valence-electron chi connectivity index (χ1n) is 8.90. The second-order valence-electron chi connectivity index (χ2n) is 6.56. The molecule has 0 aliphatic carbocycles. The molecular weight excluding hydrogens is 358 g/mol. The lowest BCUT2D eigenvalue weighted by atomic mass is 9.99. The van der Waals surface area contributed by atoms with E-state index in [0.717, 1.165) is 37.5 Å². The number of fused-ring (bicyclic) bond motifs is 1. The van der Waals surface area contributed by atoms with Crippen LogP contribution in [-0.2, 0) is 19.5 Å². The topological polar surface area (TPSA) is 54.5 Å². The number of amides is 1. The number of carbonyl (C=O) groups is 1. The summed E-state index contributed by atoms with van der Waals surface area (Å²) in [6.07, 6.45) is 1.01. The van der Waals surface area contributed by atoms with Gasteiger partial charge >= 0.3 is 0 Å². The third-order valence-corrected chi connectivity index (χ3v) is 5.51. The number of thiazole rings is 1. The molecule has 0 radical (unpaired) electrons. The van der Waals surface area contributed by atoms with Crippen LogP contribution in [-0.4, -0.2) is 29.4 Å². The first kappa shape index (κ1) is 17.7. The van der Waals surface area contributed by atoms with Gasteiger partial charge in [0.05, 0.1) is 12.8 Å². The molecule has 1 amide bonds. The van der Waals surface area contributed by atoms with E-state index in [1.807, 2.05) is 29.6 Å². The van der Waals surface area contributed by atoms with Crippen molar-refractivity contribution in [3.63, 3.8) is 0 Å². The zero-order valence-corrected chi connectivity index (χ0v) is 16.0. The fourth-order valence-corrected chi connectivity index (χ4v) is 3.97. The van der Waals surface area contributed by atoms with Gasteiger partial charge in [-0.1, -0.05) is 24.3 Å². The summed E-state index contributed by atoms with van der Waals surface area (Å²) in [6, 6.07) is 15.5. The number of rotatable bonds is 5. The highest BCUT2D eigenvalue weighted by atomic mass is 32.1. The standard InChI is InChI=1S/C21H21N3O2S/c1-26-19-8-7-17-12-24(10-9-16(17)11-19)13-18-14-27-21(22-18)23-20(25)15-5-3-2-4-6-15/h2-8,11,14H,9-10,12-13H2,1H3,(H,22,23,25). The van der Waals surface area contributed by atoms with Gasteiger partial charge in [0.15, 0.2) is 5.13 Å². The molecule has 27 heavy (non-hydrogen) atoms. The molecule has 0 atom stereocenters. The number of ether oxygens (including phenoxy) is 1. The van der Waals surface area contributed by atoms with E-state index in [1.54, 1.807) is 19.2 Å². The number of anilines is 1. The van der Waals surface area contributed by atoms with Crippen molar-refractivity contribution in [2.75, 3.05) is 19.0 Å². The minimum absolute atomic E-state index is 0.127. The summed E-state index contributed by atoms with van der Waals surface area (Å²) in [4.78, 5) is 19.2. The van der Waals surface area contributed by atoms with Gasteiger partial charge in [-0.15, -0.1) is 11.3 Å². The minimum atomic E-state index is -0.127. The van der Waals surface area contributed by atoms with Crippen LogP contribution in [0.25, 0.3) is 0 Å². The number of carbonyl (C=O) groups excluding carboxylic acids is 1. The fraction of sp³-hybridized carbons (Fsp3) is 0.238. The minimum Gasteiger partial charge on any atom is -0.497 e. The average molecular weight is 379 g/mol. The first-order valence-corrected chi connectivity index (χ1v) is 9.78. The lowest BCUT2D eigenvalue weighted by Crippen LogP contribution is -2.30. The highest BCUT2D eigenvalue weighted by Gasteiger charge is 2.18. The number of nitrogens with zero attached hydrogens (tertiary/aromatic N) is 2. The highest BCUT2D eigenvalue weighted by molar-refractivity contribution is 7.13. The molecule has 1 N–H and O–H groups in total. The summed E-state index contributed by atoms with van der Waals surface area (Å²) in [7, 11) is 1.70. The molecule has 1 aliphatic heterocycles. The Morgan fingerprint density at radius 3 is 2.89 bits per heavy atom. The Balaban J connectivity index is 1.37. The Morgan fingerprint density at radius 1 is 1.22 bits per heavy atom. The van der Waals surface area contributed by atoms with Crippen molar-refractivity contribution in [2.45, 2.75) is 19.5 Å². The summed E-state index contributed by atoms with van der Waals surface area (Å²) < 4.78 is 5.31. The van der Waals surface area contributed by atoms with E-state index in [9.17, 15) is 4.79 Å². The van der Waals surface area contributed by atoms with Crippen LogP contribution in [0.2, 0.25) is 0 Å². The highest BCUT2D eigenvalue weighted by Crippen LogP contribution is 2.25. The predicted octanol–water partition coefficient (Wildman–Crippen LogP) is 3.96. The second kappa shape index (κ2) is 7.90. The Morgan fingerprint density at radius 2 is 2.07 bits per heavy atom. The maximum Gasteiger partial charge on any atom is 0.257 e. The molecule has 0 spiro atoms. The number of benzene rings is 2. The Kier molecular flexibility index (Phi) is 5.18. The van der Waals surface area contributed by atoms with Crippen molar-refractivity contribution >= 4 is 22.4 Å². The van der Waals surface area contributed by atoms with Crippen molar-refractivity contribution in [1.82, 2.24) is 9.88 Å². The monoisotopic (exact) mass is 379 g/mol. The summed E-state index contributed by atoms with van der Waals surface area (Å²) >= 11 is 1.47. The molecule has 0 fully saturated rings. The summed E-state index contributed by atoms with van der Waals surface area (Å²) in [6.45, 7) is 2.68. The van der Waals surface area contributed by atoms with E-state index < -0.39 is 0 Å². The van der Waals surface area contributed by atoms with Gasteiger partial charge in [0, 0.05) is 30.6 Å². The van der Waals surface area contributed by atoms with Crippen LogP contribution in [0.3, 0.4) is 0 Å². The van der Waals surface area contributed by atoms with Crippen LogP contribution in [0.1, 0.15) is 27.2 Å². The molecule has 0 unspecified atom stereocenters. The van der Waals surface area contributed by atoms with Gasteiger partial charge in [0.2, 0.25) is 0 Å². The van der Waals surface area contributed by atoms with E-state index in [0.29, 0.717) is 10.7 Å². The van der Waals surface area contributed by atoms with Gasteiger partial charge in [-0.2, -0.15) is 0 Å². The molecule has 6 heteroatoms. The van der Waals surface area contributed by atoms with E-state index in [-0.39, 0.29) is 5.91 Å². The molecule has 4 rings (SSSR count). The normalized spacial score (nSPS) is 13.8. The molecule has 3 aromatic rings. The Labute approximate surface area is 162 Å². The Bertz CT molecular complexity index is 940. The zero-order valence-electron chi connectivity index (χ0n) is 15.1. The van der Waals surface area contributed by atoms with Gasteiger partial charge in [0.1, 0.15) is 5.75 Å². The first-order chi connectivity index (χ1) is 13.2. The number of hydrogen-bond donors (Lipinski definition) is 1. The second-order valence-corrected chi connectivity index (χ2v) is 7.42. The maximum absolute atomic E-state index is 12.2. The predicted molar refractivity (Wildman–Crippen MR) is 107 cm³/mol. The molecular formula is C21H21N3O2S. The summed E-state index contributed by atoms with van der Waals surface area (Å²) in [5, 5.41) is 5.54. The van der Waals surface area contributed by atoms with Gasteiger partial charge in [-0.25, -0.2) is 4.98 Å². The molecule has 1 aromatic heterocycles. The van der Waals surface area contributed by atoms with Crippen LogP contribution in [0.5, 0.6) is 5.75 Å². The van der Waals surface area contributed by atoms with E-state index in [4.69, 9.17) is 4.74 Å². The van der Waals surface area contributed by atoms with E-state index in [2.05, 4.69) is 27.3 Å². The molecule has 0 saturated carbocycles. The lowest BCUT2D eigenvalue weighted by molar-refractivity contribution is 0.102. The van der Waals surface area contributed by atoms with Crippen LogP contribution >= 0.6 is 11.3 Å².